The number of rotatable bonds is 6. The fourth-order valence-electron chi connectivity index (χ4n) is 3.87. The normalized spacial score (nSPS) is 29.5. The van der Waals surface area contributed by atoms with Crippen molar-refractivity contribution in [1.29, 1.82) is 0 Å². The fraction of sp³-hybridized carbons (Fsp3) is 0.632. The number of benzene rings is 1. The van der Waals surface area contributed by atoms with Crippen molar-refractivity contribution in [3.8, 4) is 5.75 Å². The molecule has 1 aromatic carbocycles. The van der Waals surface area contributed by atoms with Gasteiger partial charge in [-0.2, -0.15) is 0 Å². The summed E-state index contributed by atoms with van der Waals surface area (Å²) in [5.41, 5.74) is 1.24. The van der Waals surface area contributed by atoms with Crippen LogP contribution < -0.4 is 10.1 Å². The van der Waals surface area contributed by atoms with Gasteiger partial charge in [-0.3, -0.25) is 9.69 Å². The second-order valence-electron chi connectivity index (χ2n) is 7.37. The van der Waals surface area contributed by atoms with Crippen molar-refractivity contribution in [2.75, 3.05) is 26.7 Å². The van der Waals surface area contributed by atoms with Gasteiger partial charge in [-0.15, -0.1) is 0 Å². The van der Waals surface area contributed by atoms with Gasteiger partial charge in [0.2, 0.25) is 5.91 Å². The molecule has 0 radical (unpaired) electrons. The third-order valence-corrected chi connectivity index (χ3v) is 5.37. The summed E-state index contributed by atoms with van der Waals surface area (Å²) in [6.45, 7) is 3.46. The van der Waals surface area contributed by atoms with E-state index >= 15 is 0 Å². The summed E-state index contributed by atoms with van der Waals surface area (Å²) >= 11 is 0. The number of nitrogens with one attached hydrogen (secondary N) is 1. The Kier molecular flexibility index (Phi) is 4.46. The van der Waals surface area contributed by atoms with Gasteiger partial charge in [0.15, 0.2) is 0 Å². The summed E-state index contributed by atoms with van der Waals surface area (Å²) in [6.07, 6.45) is 3.61. The highest BCUT2D eigenvalue weighted by Crippen LogP contribution is 2.33. The number of nitrogens with zero attached hydrogens (tertiary/aromatic N) is 1. The topological polar surface area (TPSA) is 50.8 Å². The molecule has 1 N–H and O–H groups in total. The Labute approximate surface area is 143 Å². The van der Waals surface area contributed by atoms with E-state index in [4.69, 9.17) is 9.47 Å². The minimum atomic E-state index is 0.0176. The molecule has 2 heterocycles. The zero-order chi connectivity index (χ0) is 16.5. The Bertz CT molecular complexity index is 602. The molecule has 3 fully saturated rings. The van der Waals surface area contributed by atoms with Gasteiger partial charge in [-0.25, -0.2) is 0 Å². The van der Waals surface area contributed by atoms with Crippen LogP contribution >= 0.6 is 0 Å². The van der Waals surface area contributed by atoms with Crippen LogP contribution in [0.4, 0.5) is 0 Å². The molecule has 130 valence electrons. The summed E-state index contributed by atoms with van der Waals surface area (Å²) in [7, 11) is 1.69. The lowest BCUT2D eigenvalue weighted by Crippen LogP contribution is -2.45. The van der Waals surface area contributed by atoms with E-state index < -0.39 is 0 Å². The van der Waals surface area contributed by atoms with Gasteiger partial charge in [-0.05, 0) is 42.9 Å². The number of methoxy groups -OCH3 is 1. The van der Waals surface area contributed by atoms with Gasteiger partial charge in [-0.1, -0.05) is 12.1 Å². The fourth-order valence-corrected chi connectivity index (χ4v) is 3.87. The van der Waals surface area contributed by atoms with Crippen LogP contribution in [0.2, 0.25) is 0 Å². The largest absolute Gasteiger partial charge is 0.497 e. The second kappa shape index (κ2) is 6.73. The SMILES string of the molecule is COc1cccc(CN2C[C@H]3C[C@@H](C(=O)NCC4CC4)[C@@H](C2)O3)c1. The first-order valence-corrected chi connectivity index (χ1v) is 8.99. The summed E-state index contributed by atoms with van der Waals surface area (Å²) in [6, 6.07) is 8.20. The molecular weight excluding hydrogens is 304 g/mol. The third-order valence-electron chi connectivity index (χ3n) is 5.37. The lowest BCUT2D eigenvalue weighted by atomic mass is 9.99. The molecule has 0 unspecified atom stereocenters. The quantitative estimate of drug-likeness (QED) is 0.864. The molecule has 3 atom stereocenters. The van der Waals surface area contributed by atoms with Crippen LogP contribution in [0.5, 0.6) is 5.75 Å². The Balaban J connectivity index is 1.34. The van der Waals surface area contributed by atoms with Crippen LogP contribution in [0.15, 0.2) is 24.3 Å². The van der Waals surface area contributed by atoms with Crippen molar-refractivity contribution >= 4 is 5.91 Å². The Morgan fingerprint density at radius 1 is 1.38 bits per heavy atom. The van der Waals surface area contributed by atoms with E-state index in [1.54, 1.807) is 7.11 Å². The Hall–Kier alpha value is -1.59. The molecule has 4 rings (SSSR count). The van der Waals surface area contributed by atoms with E-state index in [-0.39, 0.29) is 24.0 Å². The molecule has 1 saturated carbocycles. The van der Waals surface area contributed by atoms with E-state index in [0.29, 0.717) is 0 Å². The van der Waals surface area contributed by atoms with Crippen molar-refractivity contribution < 1.29 is 14.3 Å². The van der Waals surface area contributed by atoms with Crippen LogP contribution in [0.3, 0.4) is 0 Å². The molecule has 24 heavy (non-hydrogen) atoms. The second-order valence-corrected chi connectivity index (χ2v) is 7.37. The molecule has 1 aromatic rings. The molecule has 0 spiro atoms. The molecule has 2 saturated heterocycles. The number of ether oxygens (including phenoxy) is 2. The zero-order valence-electron chi connectivity index (χ0n) is 14.2. The Morgan fingerprint density at radius 2 is 2.25 bits per heavy atom. The van der Waals surface area contributed by atoms with Crippen LogP contribution in [-0.2, 0) is 16.1 Å². The van der Waals surface area contributed by atoms with Crippen molar-refractivity contribution in [2.24, 2.45) is 11.8 Å². The lowest BCUT2D eigenvalue weighted by Gasteiger charge is -2.32. The van der Waals surface area contributed by atoms with Crippen molar-refractivity contribution in [3.05, 3.63) is 29.8 Å². The van der Waals surface area contributed by atoms with Gasteiger partial charge >= 0.3 is 0 Å². The first-order valence-electron chi connectivity index (χ1n) is 8.99. The van der Waals surface area contributed by atoms with Crippen molar-refractivity contribution in [2.45, 2.75) is 38.0 Å². The summed E-state index contributed by atoms with van der Waals surface area (Å²) in [5.74, 6) is 1.82. The Morgan fingerprint density at radius 3 is 3.04 bits per heavy atom. The summed E-state index contributed by atoms with van der Waals surface area (Å²) < 4.78 is 11.3. The molecule has 3 aliphatic rings. The highest BCUT2D eigenvalue weighted by molar-refractivity contribution is 5.79. The maximum Gasteiger partial charge on any atom is 0.225 e. The number of carbonyl (C=O) groups is 1. The van der Waals surface area contributed by atoms with Gasteiger partial charge in [0, 0.05) is 26.2 Å². The lowest BCUT2D eigenvalue weighted by molar-refractivity contribution is -0.128. The van der Waals surface area contributed by atoms with Crippen LogP contribution in [-0.4, -0.2) is 49.8 Å². The van der Waals surface area contributed by atoms with Crippen molar-refractivity contribution in [1.82, 2.24) is 10.2 Å². The smallest absolute Gasteiger partial charge is 0.225 e. The van der Waals surface area contributed by atoms with E-state index in [0.717, 1.165) is 44.3 Å². The maximum absolute atomic E-state index is 12.4. The standard InChI is InChI=1S/C19H26N2O3/c1-23-15-4-2-3-14(7-15)10-21-11-16-8-17(18(12-21)24-16)19(22)20-9-13-5-6-13/h2-4,7,13,16-18H,5-6,8-12H2,1H3,(H,20,22)/t16-,17-,18-/m1/s1. The van der Waals surface area contributed by atoms with Crippen LogP contribution in [0.1, 0.15) is 24.8 Å². The number of hydrogen-bond donors (Lipinski definition) is 1. The minimum Gasteiger partial charge on any atom is -0.497 e. The molecule has 2 bridgehead atoms. The van der Waals surface area contributed by atoms with Crippen molar-refractivity contribution in [3.63, 3.8) is 0 Å². The molecule has 1 amide bonds. The first-order chi connectivity index (χ1) is 11.7. The summed E-state index contributed by atoms with van der Waals surface area (Å²) in [4.78, 5) is 14.8. The predicted octanol–water partition coefficient (Wildman–Crippen LogP) is 1.81. The van der Waals surface area contributed by atoms with Crippen LogP contribution in [0, 0.1) is 11.8 Å². The van der Waals surface area contributed by atoms with Gasteiger partial charge in [0.25, 0.3) is 0 Å². The van der Waals surface area contributed by atoms with Gasteiger partial charge in [0.1, 0.15) is 5.75 Å². The molecular formula is C19H26N2O3. The highest BCUT2D eigenvalue weighted by Gasteiger charge is 2.44. The third kappa shape index (κ3) is 3.57. The first kappa shape index (κ1) is 15.9. The zero-order valence-corrected chi connectivity index (χ0v) is 14.2. The molecule has 5 nitrogen and oxygen atoms in total. The van der Waals surface area contributed by atoms with Crippen LogP contribution in [0.25, 0.3) is 0 Å². The molecule has 0 aromatic heterocycles. The monoisotopic (exact) mass is 330 g/mol. The average Bonchev–Trinajstić information content (AvgIpc) is 3.37. The predicted molar refractivity (Wildman–Crippen MR) is 90.8 cm³/mol. The van der Waals surface area contributed by atoms with E-state index in [2.05, 4.69) is 22.3 Å². The van der Waals surface area contributed by atoms with E-state index in [1.807, 2.05) is 12.1 Å². The molecule has 1 aliphatic carbocycles. The number of amides is 1. The van der Waals surface area contributed by atoms with Gasteiger partial charge in [0.05, 0.1) is 25.2 Å². The minimum absolute atomic E-state index is 0.0176. The molecule has 5 heteroatoms. The van der Waals surface area contributed by atoms with E-state index in [9.17, 15) is 4.79 Å². The number of carbonyl (C=O) groups excluding carboxylic acids is 1. The molecule has 2 aliphatic heterocycles. The maximum atomic E-state index is 12.4. The number of hydrogen-bond acceptors (Lipinski definition) is 4. The van der Waals surface area contributed by atoms with E-state index in [1.165, 1.54) is 18.4 Å². The number of morpholine rings is 1. The highest BCUT2D eigenvalue weighted by atomic mass is 16.5. The summed E-state index contributed by atoms with van der Waals surface area (Å²) in [5, 5.41) is 3.12. The number of likely N-dealkylation sites (tertiary alicyclic amines) is 1. The average molecular weight is 330 g/mol. The van der Waals surface area contributed by atoms with Gasteiger partial charge < -0.3 is 14.8 Å². The number of fused-ring (bicyclic) bond motifs is 2.